The van der Waals surface area contributed by atoms with Gasteiger partial charge >= 0.3 is 6.03 Å². The molecule has 0 aliphatic heterocycles. The summed E-state index contributed by atoms with van der Waals surface area (Å²) in [6.45, 7) is 3.59. The van der Waals surface area contributed by atoms with Crippen LogP contribution in [0, 0.1) is 0 Å². The predicted octanol–water partition coefficient (Wildman–Crippen LogP) is 3.49. The van der Waals surface area contributed by atoms with Crippen molar-refractivity contribution in [2.24, 2.45) is 0 Å². The molecular formula is C15H13ClN2O3S. The Bertz CT molecular complexity index is 785. The van der Waals surface area contributed by atoms with Crippen molar-refractivity contribution in [1.29, 1.82) is 0 Å². The van der Waals surface area contributed by atoms with Gasteiger partial charge in [-0.1, -0.05) is 36.4 Å². The van der Waals surface area contributed by atoms with Gasteiger partial charge in [-0.2, -0.15) is 0 Å². The third kappa shape index (κ3) is 4.09. The van der Waals surface area contributed by atoms with E-state index < -0.39 is 16.1 Å². The number of sulfonamides is 1. The van der Waals surface area contributed by atoms with Crippen LogP contribution in [0.5, 0.6) is 0 Å². The van der Waals surface area contributed by atoms with E-state index in [9.17, 15) is 13.2 Å². The SMILES string of the molecule is C=Cc1ccc(S(=O)(=O)NC(=O)Nc2ccc(Cl)cc2)cc1. The minimum atomic E-state index is -3.94. The maximum absolute atomic E-state index is 12.1. The zero-order valence-corrected chi connectivity index (χ0v) is 13.0. The van der Waals surface area contributed by atoms with Crippen LogP contribution in [0.1, 0.15) is 5.56 Å². The summed E-state index contributed by atoms with van der Waals surface area (Å²) in [6, 6.07) is 11.4. The van der Waals surface area contributed by atoms with E-state index in [1.807, 2.05) is 4.72 Å². The molecule has 2 aromatic carbocycles. The Hall–Kier alpha value is -2.31. The molecule has 0 fully saturated rings. The summed E-state index contributed by atoms with van der Waals surface area (Å²) >= 11 is 5.73. The molecule has 0 spiro atoms. The van der Waals surface area contributed by atoms with Crippen LogP contribution in [0.3, 0.4) is 0 Å². The standard InChI is InChI=1S/C15H13ClN2O3S/c1-2-11-3-9-14(10-4-11)22(20,21)18-15(19)17-13-7-5-12(16)6-8-13/h2-10H,1H2,(H2,17,18,19). The summed E-state index contributed by atoms with van der Waals surface area (Å²) in [7, 11) is -3.94. The number of amides is 2. The Morgan fingerprint density at radius 2 is 1.64 bits per heavy atom. The first kappa shape index (κ1) is 16.1. The van der Waals surface area contributed by atoms with Crippen LogP contribution in [-0.4, -0.2) is 14.4 Å². The highest BCUT2D eigenvalue weighted by atomic mass is 35.5. The van der Waals surface area contributed by atoms with Crippen molar-refractivity contribution in [2.75, 3.05) is 5.32 Å². The van der Waals surface area contributed by atoms with Crippen molar-refractivity contribution in [3.8, 4) is 0 Å². The van der Waals surface area contributed by atoms with E-state index in [0.29, 0.717) is 10.7 Å². The fourth-order valence-electron chi connectivity index (χ4n) is 1.65. The molecular weight excluding hydrogens is 324 g/mol. The summed E-state index contributed by atoms with van der Waals surface area (Å²) in [5, 5.41) is 2.93. The van der Waals surface area contributed by atoms with Gasteiger partial charge in [0.2, 0.25) is 0 Å². The van der Waals surface area contributed by atoms with E-state index in [-0.39, 0.29) is 4.90 Å². The van der Waals surface area contributed by atoms with Crippen molar-refractivity contribution < 1.29 is 13.2 Å². The van der Waals surface area contributed by atoms with Crippen LogP contribution < -0.4 is 10.0 Å². The number of hydrogen-bond donors (Lipinski definition) is 2. The van der Waals surface area contributed by atoms with Gasteiger partial charge in [0, 0.05) is 10.7 Å². The number of carbonyl (C=O) groups is 1. The zero-order valence-electron chi connectivity index (χ0n) is 11.4. The molecule has 2 rings (SSSR count). The number of hydrogen-bond acceptors (Lipinski definition) is 3. The lowest BCUT2D eigenvalue weighted by Gasteiger charge is -2.09. The lowest BCUT2D eigenvalue weighted by molar-refractivity contribution is 0.256. The first-order valence-electron chi connectivity index (χ1n) is 6.22. The van der Waals surface area contributed by atoms with Gasteiger partial charge in [0.1, 0.15) is 0 Å². The molecule has 5 nitrogen and oxygen atoms in total. The van der Waals surface area contributed by atoms with E-state index in [4.69, 9.17) is 11.6 Å². The highest BCUT2D eigenvalue weighted by molar-refractivity contribution is 7.90. The zero-order chi connectivity index (χ0) is 16.2. The summed E-state index contributed by atoms with van der Waals surface area (Å²) in [5.74, 6) is 0. The quantitative estimate of drug-likeness (QED) is 0.897. The normalized spacial score (nSPS) is 10.8. The summed E-state index contributed by atoms with van der Waals surface area (Å²) in [5.41, 5.74) is 1.21. The predicted molar refractivity (Wildman–Crippen MR) is 87.3 cm³/mol. The number of anilines is 1. The van der Waals surface area contributed by atoms with Crippen molar-refractivity contribution in [2.45, 2.75) is 4.90 Å². The molecule has 0 unspecified atom stereocenters. The molecule has 7 heteroatoms. The van der Waals surface area contributed by atoms with Crippen molar-refractivity contribution in [3.63, 3.8) is 0 Å². The number of halogens is 1. The molecule has 0 heterocycles. The Morgan fingerprint density at radius 3 is 2.18 bits per heavy atom. The number of carbonyl (C=O) groups excluding carboxylic acids is 1. The van der Waals surface area contributed by atoms with Gasteiger partial charge in [0.05, 0.1) is 4.90 Å². The van der Waals surface area contributed by atoms with Gasteiger partial charge in [-0.05, 0) is 42.0 Å². The lowest BCUT2D eigenvalue weighted by Crippen LogP contribution is -2.34. The van der Waals surface area contributed by atoms with Crippen molar-refractivity contribution in [3.05, 3.63) is 65.7 Å². The van der Waals surface area contributed by atoms with Crippen LogP contribution in [0.15, 0.2) is 60.0 Å². The molecule has 0 aromatic heterocycles. The Morgan fingerprint density at radius 1 is 1.05 bits per heavy atom. The summed E-state index contributed by atoms with van der Waals surface area (Å²) in [6.07, 6.45) is 1.59. The number of urea groups is 1. The fourth-order valence-corrected chi connectivity index (χ4v) is 2.69. The van der Waals surface area contributed by atoms with Gasteiger partial charge in [0.15, 0.2) is 0 Å². The molecule has 0 aliphatic rings. The molecule has 0 radical (unpaired) electrons. The van der Waals surface area contributed by atoms with E-state index in [0.717, 1.165) is 5.56 Å². The van der Waals surface area contributed by atoms with Crippen LogP contribution in [0.25, 0.3) is 6.08 Å². The molecule has 2 aromatic rings. The second kappa shape index (κ2) is 6.64. The van der Waals surface area contributed by atoms with Crippen LogP contribution in [-0.2, 0) is 10.0 Å². The first-order chi connectivity index (χ1) is 10.4. The largest absolute Gasteiger partial charge is 0.333 e. The van der Waals surface area contributed by atoms with Crippen molar-refractivity contribution in [1.82, 2.24) is 4.72 Å². The Labute approximate surface area is 133 Å². The molecule has 0 atom stereocenters. The Balaban J connectivity index is 2.08. The smallest absolute Gasteiger partial charge is 0.307 e. The Kier molecular flexibility index (Phi) is 4.85. The van der Waals surface area contributed by atoms with Crippen LogP contribution >= 0.6 is 11.6 Å². The van der Waals surface area contributed by atoms with Gasteiger partial charge in [-0.15, -0.1) is 0 Å². The third-order valence-electron chi connectivity index (χ3n) is 2.76. The minimum absolute atomic E-state index is 0.00986. The fraction of sp³-hybridized carbons (Fsp3) is 0. The second-order valence-electron chi connectivity index (χ2n) is 4.34. The average Bonchev–Trinajstić information content (AvgIpc) is 2.49. The van der Waals surface area contributed by atoms with E-state index in [2.05, 4.69) is 11.9 Å². The van der Waals surface area contributed by atoms with E-state index >= 15 is 0 Å². The molecule has 114 valence electrons. The average molecular weight is 337 g/mol. The number of benzene rings is 2. The third-order valence-corrected chi connectivity index (χ3v) is 4.35. The lowest BCUT2D eigenvalue weighted by atomic mass is 10.2. The van der Waals surface area contributed by atoms with Gasteiger partial charge in [-0.25, -0.2) is 17.9 Å². The second-order valence-corrected chi connectivity index (χ2v) is 6.46. The van der Waals surface area contributed by atoms with Gasteiger partial charge in [-0.3, -0.25) is 0 Å². The van der Waals surface area contributed by atoms with Crippen molar-refractivity contribution >= 4 is 39.4 Å². The van der Waals surface area contributed by atoms with E-state index in [1.165, 1.54) is 12.1 Å². The molecule has 0 bridgehead atoms. The minimum Gasteiger partial charge on any atom is -0.307 e. The van der Waals surface area contributed by atoms with Crippen LogP contribution in [0.2, 0.25) is 5.02 Å². The molecule has 0 saturated carbocycles. The monoisotopic (exact) mass is 336 g/mol. The van der Waals surface area contributed by atoms with E-state index in [1.54, 1.807) is 42.5 Å². The highest BCUT2D eigenvalue weighted by Crippen LogP contribution is 2.14. The number of rotatable bonds is 4. The maximum Gasteiger partial charge on any atom is 0.333 e. The first-order valence-corrected chi connectivity index (χ1v) is 8.09. The highest BCUT2D eigenvalue weighted by Gasteiger charge is 2.17. The molecule has 2 amide bonds. The van der Waals surface area contributed by atoms with Gasteiger partial charge in [0.25, 0.3) is 10.0 Å². The maximum atomic E-state index is 12.1. The molecule has 0 saturated heterocycles. The topological polar surface area (TPSA) is 75.3 Å². The molecule has 0 aliphatic carbocycles. The summed E-state index contributed by atoms with van der Waals surface area (Å²) < 4.78 is 26.1. The van der Waals surface area contributed by atoms with Crippen LogP contribution in [0.4, 0.5) is 10.5 Å². The molecule has 2 N–H and O–H groups in total. The van der Waals surface area contributed by atoms with Gasteiger partial charge < -0.3 is 5.32 Å². The summed E-state index contributed by atoms with van der Waals surface area (Å²) in [4.78, 5) is 11.7. The number of nitrogens with one attached hydrogen (secondary N) is 2. The molecule has 22 heavy (non-hydrogen) atoms.